The Kier molecular flexibility index (Phi) is 6.79. The molecule has 0 saturated carbocycles. The van der Waals surface area contributed by atoms with E-state index in [1.165, 1.54) is 11.7 Å². The van der Waals surface area contributed by atoms with Gasteiger partial charge < -0.3 is 14.5 Å². The van der Waals surface area contributed by atoms with Crippen molar-refractivity contribution in [2.24, 2.45) is 5.92 Å². The van der Waals surface area contributed by atoms with Crippen LogP contribution in [0.25, 0.3) is 11.0 Å². The molecule has 1 N–H and O–H groups in total. The molecule has 9 nitrogen and oxygen atoms in total. The lowest BCUT2D eigenvalue weighted by Crippen LogP contribution is -2.44. The molecular weight excluding hydrogens is 472 g/mol. The minimum absolute atomic E-state index is 0.0779. The zero-order chi connectivity index (χ0) is 25.3. The van der Waals surface area contributed by atoms with Gasteiger partial charge in [-0.2, -0.15) is 4.98 Å². The van der Waals surface area contributed by atoms with Gasteiger partial charge in [0.05, 0.1) is 19.6 Å². The topological polar surface area (TPSA) is 108 Å². The number of furan rings is 1. The molecule has 0 radical (unpaired) electrons. The molecule has 0 aliphatic rings. The summed E-state index contributed by atoms with van der Waals surface area (Å²) in [5.74, 6) is -0.335. The lowest BCUT2D eigenvalue weighted by Gasteiger charge is -2.17. The highest BCUT2D eigenvalue weighted by molar-refractivity contribution is 6.30. The average Bonchev–Trinajstić information content (AvgIpc) is 3.12. The molecule has 0 bridgehead atoms. The van der Waals surface area contributed by atoms with Crippen molar-refractivity contribution in [1.29, 1.82) is 0 Å². The molecule has 0 amide bonds. The number of nitrogens with one attached hydrogen (secondary N) is 1. The summed E-state index contributed by atoms with van der Waals surface area (Å²) in [4.78, 5) is 42.3. The second-order valence-electron chi connectivity index (χ2n) is 8.37. The number of carbonyl (C=O) groups excluding carboxylic acids is 1. The van der Waals surface area contributed by atoms with Crippen LogP contribution in [0.1, 0.15) is 23.8 Å². The first-order valence-electron chi connectivity index (χ1n) is 11.0. The number of fused-ring (bicyclic) bond motifs is 1. The van der Waals surface area contributed by atoms with Crippen molar-refractivity contribution in [2.75, 3.05) is 12.4 Å². The van der Waals surface area contributed by atoms with Crippen molar-refractivity contribution >= 4 is 40.2 Å². The number of hydrogen-bond acceptors (Lipinski definition) is 7. The summed E-state index contributed by atoms with van der Waals surface area (Å²) in [5, 5.41) is 4.59. The third kappa shape index (κ3) is 5.00. The van der Waals surface area contributed by atoms with E-state index in [0.717, 1.165) is 32.4 Å². The Hall–Kier alpha value is -3.85. The minimum atomic E-state index is -0.767. The summed E-state index contributed by atoms with van der Waals surface area (Å²) in [5.41, 5.74) is 1.79. The Labute approximate surface area is 205 Å². The quantitative estimate of drug-likeness (QED) is 0.385. The van der Waals surface area contributed by atoms with Gasteiger partial charge in [-0.3, -0.25) is 9.36 Å². The van der Waals surface area contributed by atoms with Crippen LogP contribution in [0.15, 0.2) is 56.5 Å². The fourth-order valence-electron chi connectivity index (χ4n) is 3.80. The predicted octanol–water partition coefficient (Wildman–Crippen LogP) is 4.02. The van der Waals surface area contributed by atoms with Gasteiger partial charge in [-0.15, -0.1) is 0 Å². The molecule has 10 heteroatoms. The van der Waals surface area contributed by atoms with Gasteiger partial charge in [-0.1, -0.05) is 30.7 Å². The third-order valence-electron chi connectivity index (χ3n) is 5.89. The van der Waals surface area contributed by atoms with Gasteiger partial charge in [0.15, 0.2) is 0 Å². The van der Waals surface area contributed by atoms with Crippen LogP contribution in [0.5, 0.6) is 0 Å². The maximum absolute atomic E-state index is 13.4. The number of aryl methyl sites for hydroxylation is 2. The Morgan fingerprint density at radius 2 is 1.86 bits per heavy atom. The molecule has 0 aliphatic carbocycles. The molecule has 35 heavy (non-hydrogen) atoms. The van der Waals surface area contributed by atoms with Gasteiger partial charge in [0.2, 0.25) is 5.95 Å². The van der Waals surface area contributed by atoms with E-state index in [-0.39, 0.29) is 19.0 Å². The smallest absolute Gasteiger partial charge is 0.354 e. The zero-order valence-electron chi connectivity index (χ0n) is 19.8. The van der Waals surface area contributed by atoms with Crippen LogP contribution in [0.4, 0.5) is 11.6 Å². The summed E-state index contributed by atoms with van der Waals surface area (Å²) in [6.07, 6.45) is 0. The van der Waals surface area contributed by atoms with Crippen molar-refractivity contribution in [3.05, 3.63) is 85.3 Å². The molecule has 4 aromatic rings. The van der Waals surface area contributed by atoms with Gasteiger partial charge in [0, 0.05) is 22.6 Å². The van der Waals surface area contributed by atoms with E-state index in [1.807, 2.05) is 26.0 Å². The van der Waals surface area contributed by atoms with E-state index in [9.17, 15) is 14.4 Å². The van der Waals surface area contributed by atoms with Gasteiger partial charge in [-0.25, -0.2) is 14.2 Å². The fourth-order valence-corrected chi connectivity index (χ4v) is 3.92. The molecule has 0 saturated heterocycles. The molecule has 0 fully saturated rings. The van der Waals surface area contributed by atoms with E-state index in [0.29, 0.717) is 10.7 Å². The van der Waals surface area contributed by atoms with Gasteiger partial charge in [0.25, 0.3) is 0 Å². The van der Waals surface area contributed by atoms with E-state index < -0.39 is 23.3 Å². The zero-order valence-corrected chi connectivity index (χ0v) is 20.5. The highest BCUT2D eigenvalue weighted by Crippen LogP contribution is 2.28. The number of methoxy groups -OCH3 is 1. The Morgan fingerprint density at radius 3 is 2.54 bits per heavy atom. The number of carbonyl (C=O) groups is 1. The number of benzene rings is 2. The molecule has 0 aliphatic heterocycles. The van der Waals surface area contributed by atoms with Crippen molar-refractivity contribution < 1.29 is 13.9 Å². The highest BCUT2D eigenvalue weighted by Gasteiger charge is 2.20. The van der Waals surface area contributed by atoms with Gasteiger partial charge in [0.1, 0.15) is 11.3 Å². The number of anilines is 2. The first kappa shape index (κ1) is 24.3. The Balaban J connectivity index is 1.79. The van der Waals surface area contributed by atoms with Crippen LogP contribution >= 0.6 is 11.6 Å². The van der Waals surface area contributed by atoms with Crippen LogP contribution in [0.2, 0.25) is 5.02 Å². The number of nitrogens with zero attached hydrogens (tertiary/aromatic N) is 3. The number of esters is 1. The lowest BCUT2D eigenvalue weighted by molar-refractivity contribution is -0.145. The lowest BCUT2D eigenvalue weighted by atomic mass is 10.1. The largest absolute Gasteiger partial charge is 0.469 e. The number of hydrogen-bond donors (Lipinski definition) is 1. The number of ether oxygens (including phenoxy) is 1. The van der Waals surface area contributed by atoms with Crippen LogP contribution in [0.3, 0.4) is 0 Å². The minimum Gasteiger partial charge on any atom is -0.469 e. The third-order valence-corrected chi connectivity index (χ3v) is 6.15. The SMILES string of the molecule is COC(=O)C(C)Cn1c(=O)nc(Nc2ccc3oc(C)c(C)c3c2)n(Cc2ccc(Cl)cc2)c1=O. The van der Waals surface area contributed by atoms with Gasteiger partial charge >= 0.3 is 17.3 Å². The first-order chi connectivity index (χ1) is 16.7. The molecule has 1 unspecified atom stereocenters. The van der Waals surface area contributed by atoms with Crippen molar-refractivity contribution in [3.63, 3.8) is 0 Å². The maximum atomic E-state index is 13.4. The van der Waals surface area contributed by atoms with Crippen LogP contribution < -0.4 is 16.7 Å². The molecular formula is C25H25ClN4O5. The van der Waals surface area contributed by atoms with E-state index in [2.05, 4.69) is 10.3 Å². The molecule has 0 spiro atoms. The monoisotopic (exact) mass is 496 g/mol. The normalized spacial score (nSPS) is 12.0. The van der Waals surface area contributed by atoms with Crippen LogP contribution in [-0.2, 0) is 22.6 Å². The summed E-state index contributed by atoms with van der Waals surface area (Å²) in [6.45, 7) is 5.41. The summed E-state index contributed by atoms with van der Waals surface area (Å²) in [6, 6.07) is 12.5. The summed E-state index contributed by atoms with van der Waals surface area (Å²) >= 11 is 6.00. The average molecular weight is 497 g/mol. The fraction of sp³-hybridized carbons (Fsp3) is 0.280. The molecule has 4 rings (SSSR count). The van der Waals surface area contributed by atoms with Crippen molar-refractivity contribution in [1.82, 2.24) is 14.1 Å². The van der Waals surface area contributed by atoms with Crippen LogP contribution in [-0.4, -0.2) is 27.2 Å². The molecule has 182 valence electrons. The number of halogens is 1. The Morgan fingerprint density at radius 1 is 1.14 bits per heavy atom. The van der Waals surface area contributed by atoms with E-state index in [4.69, 9.17) is 20.8 Å². The summed E-state index contributed by atoms with van der Waals surface area (Å²) in [7, 11) is 1.26. The number of rotatable bonds is 7. The van der Waals surface area contributed by atoms with Gasteiger partial charge in [-0.05, 0) is 55.3 Å². The standard InChI is InChI=1S/C25H25ClN4O5/c1-14(22(31)34-4)12-30-24(32)28-23(29(25(30)33)13-17-5-7-18(26)8-6-17)27-19-9-10-21-20(11-19)15(2)16(3)35-21/h5-11,14H,12-13H2,1-4H3,(H,27,28,32). The second-order valence-corrected chi connectivity index (χ2v) is 8.80. The first-order valence-corrected chi connectivity index (χ1v) is 11.4. The number of aromatic nitrogens is 3. The molecule has 2 aromatic heterocycles. The maximum Gasteiger partial charge on any atom is 0.354 e. The Bertz CT molecular complexity index is 1520. The van der Waals surface area contributed by atoms with Crippen molar-refractivity contribution in [2.45, 2.75) is 33.9 Å². The molecule has 2 heterocycles. The summed E-state index contributed by atoms with van der Waals surface area (Å²) < 4.78 is 12.8. The second kappa shape index (κ2) is 9.79. The molecule has 1 atom stereocenters. The predicted molar refractivity (Wildman–Crippen MR) is 133 cm³/mol. The van der Waals surface area contributed by atoms with E-state index in [1.54, 1.807) is 37.3 Å². The van der Waals surface area contributed by atoms with E-state index >= 15 is 0 Å². The van der Waals surface area contributed by atoms with Crippen molar-refractivity contribution in [3.8, 4) is 0 Å². The van der Waals surface area contributed by atoms with Crippen LogP contribution in [0, 0.1) is 19.8 Å². The molecule has 2 aromatic carbocycles. The highest BCUT2D eigenvalue weighted by atomic mass is 35.5.